The van der Waals surface area contributed by atoms with Crippen LogP contribution in [0.15, 0.2) is 0 Å². The molecule has 0 spiro atoms. The zero-order valence-corrected chi connectivity index (χ0v) is 14.8. The van der Waals surface area contributed by atoms with Crippen LogP contribution >= 0.6 is 0 Å². The highest BCUT2D eigenvalue weighted by Gasteiger charge is 2.36. The fraction of sp³-hybridized carbons (Fsp3) is 1.00. The minimum atomic E-state index is 0.538. The summed E-state index contributed by atoms with van der Waals surface area (Å²) in [4.78, 5) is 5.38. The molecular weight excluding hydrogens is 258 g/mol. The summed E-state index contributed by atoms with van der Waals surface area (Å²) in [6.07, 6.45) is 5.69. The SMILES string of the molecule is CCNCC1(CN2CCN(CC)C(C)C2)CCC(C)CC1. The number of hydrogen-bond donors (Lipinski definition) is 1. The van der Waals surface area contributed by atoms with E-state index in [0.29, 0.717) is 5.41 Å². The van der Waals surface area contributed by atoms with Crippen LogP contribution in [0.4, 0.5) is 0 Å². The van der Waals surface area contributed by atoms with Gasteiger partial charge in [-0.1, -0.05) is 33.6 Å². The first-order valence-electron chi connectivity index (χ1n) is 9.25. The highest BCUT2D eigenvalue weighted by Crippen LogP contribution is 2.39. The molecule has 21 heavy (non-hydrogen) atoms. The molecule has 1 saturated carbocycles. The Morgan fingerprint density at radius 2 is 1.81 bits per heavy atom. The summed E-state index contributed by atoms with van der Waals surface area (Å²) in [5.41, 5.74) is 0.538. The van der Waals surface area contributed by atoms with E-state index in [2.05, 4.69) is 42.8 Å². The normalized spacial score (nSPS) is 36.0. The van der Waals surface area contributed by atoms with E-state index in [1.165, 1.54) is 65.0 Å². The molecule has 0 bridgehead atoms. The number of rotatable bonds is 6. The van der Waals surface area contributed by atoms with Crippen molar-refractivity contribution in [3.05, 3.63) is 0 Å². The highest BCUT2D eigenvalue weighted by molar-refractivity contribution is 4.91. The van der Waals surface area contributed by atoms with E-state index in [0.717, 1.165) is 18.5 Å². The number of likely N-dealkylation sites (N-methyl/N-ethyl adjacent to an activating group) is 1. The first-order valence-corrected chi connectivity index (χ1v) is 9.25. The average molecular weight is 296 g/mol. The fourth-order valence-corrected chi connectivity index (χ4v) is 4.31. The molecule has 1 unspecified atom stereocenters. The Bertz CT molecular complexity index is 291. The number of hydrogen-bond acceptors (Lipinski definition) is 3. The van der Waals surface area contributed by atoms with Crippen molar-refractivity contribution in [3.63, 3.8) is 0 Å². The maximum Gasteiger partial charge on any atom is 0.0195 e. The Labute approximate surface area is 132 Å². The van der Waals surface area contributed by atoms with Crippen LogP contribution in [0.25, 0.3) is 0 Å². The second-order valence-electron chi connectivity index (χ2n) is 7.68. The van der Waals surface area contributed by atoms with E-state index in [-0.39, 0.29) is 0 Å². The fourth-order valence-electron chi connectivity index (χ4n) is 4.31. The lowest BCUT2D eigenvalue weighted by Crippen LogP contribution is -2.55. The molecule has 1 atom stereocenters. The second kappa shape index (κ2) is 7.94. The number of piperazine rings is 1. The van der Waals surface area contributed by atoms with Crippen LogP contribution in [0, 0.1) is 11.3 Å². The molecule has 3 heteroatoms. The standard InChI is InChI=1S/C18H37N3/c1-5-19-14-18(9-7-16(3)8-10-18)15-20-11-12-21(6-2)17(4)13-20/h16-17,19H,5-15H2,1-4H3. The summed E-state index contributed by atoms with van der Waals surface area (Å²) in [7, 11) is 0. The van der Waals surface area contributed by atoms with Crippen LogP contribution in [0.2, 0.25) is 0 Å². The van der Waals surface area contributed by atoms with Gasteiger partial charge in [-0.15, -0.1) is 0 Å². The summed E-state index contributed by atoms with van der Waals surface area (Å²) in [6.45, 7) is 18.0. The van der Waals surface area contributed by atoms with Crippen LogP contribution in [0.5, 0.6) is 0 Å². The molecule has 3 nitrogen and oxygen atoms in total. The molecule has 2 aliphatic rings. The predicted molar refractivity (Wildman–Crippen MR) is 91.8 cm³/mol. The molecule has 2 rings (SSSR count). The molecule has 1 N–H and O–H groups in total. The Balaban J connectivity index is 1.92. The summed E-state index contributed by atoms with van der Waals surface area (Å²) in [5.74, 6) is 0.940. The van der Waals surface area contributed by atoms with Crippen LogP contribution < -0.4 is 5.32 Å². The van der Waals surface area contributed by atoms with Gasteiger partial charge in [-0.25, -0.2) is 0 Å². The monoisotopic (exact) mass is 295 g/mol. The lowest BCUT2D eigenvalue weighted by molar-refractivity contribution is 0.0327. The third-order valence-electron chi connectivity index (χ3n) is 5.90. The number of nitrogens with one attached hydrogen (secondary N) is 1. The average Bonchev–Trinajstić information content (AvgIpc) is 2.48. The van der Waals surface area contributed by atoms with Crippen molar-refractivity contribution in [1.29, 1.82) is 0 Å². The molecular formula is C18H37N3. The van der Waals surface area contributed by atoms with Crippen LogP contribution in [0.3, 0.4) is 0 Å². The molecule has 2 fully saturated rings. The minimum absolute atomic E-state index is 0.538. The molecule has 1 aliphatic carbocycles. The largest absolute Gasteiger partial charge is 0.316 e. The maximum atomic E-state index is 3.66. The molecule has 0 radical (unpaired) electrons. The molecule has 0 aromatic carbocycles. The Morgan fingerprint density at radius 3 is 2.38 bits per heavy atom. The maximum absolute atomic E-state index is 3.66. The molecule has 1 heterocycles. The van der Waals surface area contributed by atoms with Crippen molar-refractivity contribution in [3.8, 4) is 0 Å². The summed E-state index contributed by atoms with van der Waals surface area (Å²) in [5, 5.41) is 3.66. The summed E-state index contributed by atoms with van der Waals surface area (Å²) < 4.78 is 0. The lowest BCUT2D eigenvalue weighted by Gasteiger charge is -2.46. The highest BCUT2D eigenvalue weighted by atomic mass is 15.3. The van der Waals surface area contributed by atoms with Gasteiger partial charge in [-0.3, -0.25) is 9.80 Å². The Hall–Kier alpha value is -0.120. The van der Waals surface area contributed by atoms with Crippen molar-refractivity contribution in [2.75, 3.05) is 45.8 Å². The molecule has 0 aromatic rings. The van der Waals surface area contributed by atoms with E-state index in [4.69, 9.17) is 0 Å². The van der Waals surface area contributed by atoms with E-state index in [1.54, 1.807) is 0 Å². The molecule has 1 saturated heterocycles. The van der Waals surface area contributed by atoms with Gasteiger partial charge in [-0.2, -0.15) is 0 Å². The van der Waals surface area contributed by atoms with Gasteiger partial charge in [0, 0.05) is 38.8 Å². The van der Waals surface area contributed by atoms with Gasteiger partial charge in [0.05, 0.1) is 0 Å². The van der Waals surface area contributed by atoms with Crippen LogP contribution in [0.1, 0.15) is 53.4 Å². The van der Waals surface area contributed by atoms with E-state index >= 15 is 0 Å². The Morgan fingerprint density at radius 1 is 1.10 bits per heavy atom. The quantitative estimate of drug-likeness (QED) is 0.813. The van der Waals surface area contributed by atoms with Crippen molar-refractivity contribution in [1.82, 2.24) is 15.1 Å². The van der Waals surface area contributed by atoms with Gasteiger partial charge in [0.1, 0.15) is 0 Å². The third-order valence-corrected chi connectivity index (χ3v) is 5.90. The molecule has 0 amide bonds. The second-order valence-corrected chi connectivity index (χ2v) is 7.68. The van der Waals surface area contributed by atoms with Gasteiger partial charge in [0.25, 0.3) is 0 Å². The molecule has 0 aromatic heterocycles. The van der Waals surface area contributed by atoms with Crippen molar-refractivity contribution in [2.45, 2.75) is 59.4 Å². The van der Waals surface area contributed by atoms with Crippen molar-refractivity contribution < 1.29 is 0 Å². The van der Waals surface area contributed by atoms with Gasteiger partial charge in [-0.05, 0) is 44.2 Å². The minimum Gasteiger partial charge on any atom is -0.316 e. The first kappa shape index (κ1) is 17.2. The summed E-state index contributed by atoms with van der Waals surface area (Å²) in [6, 6.07) is 0.724. The lowest BCUT2D eigenvalue weighted by atomic mass is 9.70. The molecule has 1 aliphatic heterocycles. The van der Waals surface area contributed by atoms with Crippen LogP contribution in [-0.4, -0.2) is 61.7 Å². The van der Waals surface area contributed by atoms with Gasteiger partial charge < -0.3 is 5.32 Å². The number of nitrogens with zero attached hydrogens (tertiary/aromatic N) is 2. The van der Waals surface area contributed by atoms with Crippen molar-refractivity contribution >= 4 is 0 Å². The van der Waals surface area contributed by atoms with Gasteiger partial charge in [0.15, 0.2) is 0 Å². The van der Waals surface area contributed by atoms with Gasteiger partial charge >= 0.3 is 0 Å². The Kier molecular flexibility index (Phi) is 6.51. The smallest absolute Gasteiger partial charge is 0.0195 e. The third kappa shape index (κ3) is 4.67. The predicted octanol–water partition coefficient (Wildman–Crippen LogP) is 2.82. The van der Waals surface area contributed by atoms with Gasteiger partial charge in [0.2, 0.25) is 0 Å². The topological polar surface area (TPSA) is 18.5 Å². The van der Waals surface area contributed by atoms with E-state index in [9.17, 15) is 0 Å². The first-order chi connectivity index (χ1) is 10.1. The zero-order chi connectivity index (χ0) is 15.3. The van der Waals surface area contributed by atoms with E-state index in [1.807, 2.05) is 0 Å². The van der Waals surface area contributed by atoms with E-state index < -0.39 is 0 Å². The molecule has 124 valence electrons. The van der Waals surface area contributed by atoms with Crippen LogP contribution in [-0.2, 0) is 0 Å². The summed E-state index contributed by atoms with van der Waals surface area (Å²) >= 11 is 0. The zero-order valence-electron chi connectivity index (χ0n) is 14.8. The van der Waals surface area contributed by atoms with Crippen molar-refractivity contribution in [2.24, 2.45) is 11.3 Å².